The molecule has 0 saturated carbocycles. The fraction of sp³-hybridized carbons (Fsp3) is 0.333. The van der Waals surface area contributed by atoms with Gasteiger partial charge in [-0.3, -0.25) is 0 Å². The first kappa shape index (κ1) is 12.4. The van der Waals surface area contributed by atoms with Crippen LogP contribution in [0.4, 0.5) is 5.82 Å². The number of nitrogens with zero attached hydrogens (tertiary/aromatic N) is 2. The number of aromatic nitrogens is 2. The van der Waals surface area contributed by atoms with Crippen molar-refractivity contribution in [1.29, 1.82) is 0 Å². The van der Waals surface area contributed by atoms with Gasteiger partial charge < -0.3 is 5.32 Å². The molecule has 0 atom stereocenters. The summed E-state index contributed by atoms with van der Waals surface area (Å²) < 4.78 is 1.12. The minimum atomic E-state index is 0.902. The molecule has 0 radical (unpaired) electrons. The summed E-state index contributed by atoms with van der Waals surface area (Å²) in [6.45, 7) is 4.99. The molecule has 0 amide bonds. The molecule has 0 spiro atoms. The van der Waals surface area contributed by atoms with Gasteiger partial charge in [-0.2, -0.15) is 0 Å². The molecule has 0 bridgehead atoms. The third-order valence-corrected chi connectivity index (χ3v) is 4.35. The average molecular weight is 265 g/mol. The van der Waals surface area contributed by atoms with Crippen LogP contribution in [-0.2, 0) is 5.75 Å². The van der Waals surface area contributed by atoms with Crippen LogP contribution in [0.15, 0.2) is 28.0 Å². The van der Waals surface area contributed by atoms with Crippen molar-refractivity contribution >= 4 is 28.9 Å². The summed E-state index contributed by atoms with van der Waals surface area (Å²) in [6, 6.07) is 4.13. The van der Waals surface area contributed by atoms with Crippen LogP contribution in [0.25, 0.3) is 0 Å². The average Bonchev–Trinajstić information content (AvgIpc) is 2.75. The molecular formula is C12H15N3S2. The van der Waals surface area contributed by atoms with Crippen LogP contribution >= 0.6 is 23.1 Å². The Labute approximate surface area is 110 Å². The highest BCUT2D eigenvalue weighted by molar-refractivity contribution is 8.00. The number of hydrogen-bond acceptors (Lipinski definition) is 5. The summed E-state index contributed by atoms with van der Waals surface area (Å²) in [4.78, 5) is 8.77. The van der Waals surface area contributed by atoms with Crippen molar-refractivity contribution in [3.05, 3.63) is 35.0 Å². The zero-order chi connectivity index (χ0) is 12.1. The first-order valence-electron chi connectivity index (χ1n) is 5.51. The lowest BCUT2D eigenvalue weighted by Gasteiger charge is -2.03. The fourth-order valence-corrected chi connectivity index (χ4v) is 3.12. The van der Waals surface area contributed by atoms with Crippen LogP contribution in [0, 0.1) is 6.92 Å². The topological polar surface area (TPSA) is 37.8 Å². The van der Waals surface area contributed by atoms with E-state index in [1.165, 1.54) is 5.56 Å². The minimum Gasteiger partial charge on any atom is -0.370 e. The highest BCUT2D eigenvalue weighted by Gasteiger charge is 2.01. The van der Waals surface area contributed by atoms with E-state index >= 15 is 0 Å². The maximum Gasteiger partial charge on any atom is 0.150 e. The molecule has 0 unspecified atom stereocenters. The largest absolute Gasteiger partial charge is 0.370 e. The van der Waals surface area contributed by atoms with Gasteiger partial charge >= 0.3 is 0 Å². The maximum absolute atomic E-state index is 4.42. The van der Waals surface area contributed by atoms with E-state index in [4.69, 9.17) is 0 Å². The van der Waals surface area contributed by atoms with Crippen LogP contribution < -0.4 is 5.32 Å². The third kappa shape index (κ3) is 3.71. The molecule has 0 aromatic carbocycles. The molecule has 2 rings (SSSR count). The van der Waals surface area contributed by atoms with Gasteiger partial charge in [-0.05, 0) is 25.5 Å². The van der Waals surface area contributed by atoms with E-state index in [0.717, 1.165) is 28.1 Å². The summed E-state index contributed by atoms with van der Waals surface area (Å²) in [6.07, 6.45) is 1.92. The van der Waals surface area contributed by atoms with Crippen LogP contribution in [0.5, 0.6) is 0 Å². The predicted octanol–water partition coefficient (Wildman–Crippen LogP) is 3.57. The molecule has 2 aromatic heterocycles. The zero-order valence-corrected chi connectivity index (χ0v) is 11.6. The predicted molar refractivity (Wildman–Crippen MR) is 74.8 cm³/mol. The van der Waals surface area contributed by atoms with Crippen molar-refractivity contribution < 1.29 is 0 Å². The molecule has 0 aliphatic rings. The van der Waals surface area contributed by atoms with Gasteiger partial charge in [0.15, 0.2) is 0 Å². The molecule has 2 aromatic rings. The lowest BCUT2D eigenvalue weighted by atomic mass is 10.3. The van der Waals surface area contributed by atoms with E-state index in [1.807, 2.05) is 19.2 Å². The van der Waals surface area contributed by atoms with E-state index < -0.39 is 0 Å². The molecule has 1 N–H and O–H groups in total. The molecule has 0 aliphatic heterocycles. The molecule has 17 heavy (non-hydrogen) atoms. The van der Waals surface area contributed by atoms with Gasteiger partial charge in [0.05, 0.1) is 0 Å². The highest BCUT2D eigenvalue weighted by Crippen LogP contribution is 2.25. The number of pyridine rings is 1. The SMILES string of the molecule is CCNc1ccc(CSc2nc(C)cs2)cn1. The Balaban J connectivity index is 1.90. The van der Waals surface area contributed by atoms with Gasteiger partial charge in [-0.15, -0.1) is 11.3 Å². The number of thioether (sulfide) groups is 1. The molecule has 2 heterocycles. The van der Waals surface area contributed by atoms with Gasteiger partial charge in [-0.25, -0.2) is 9.97 Å². The molecule has 5 heteroatoms. The Kier molecular flexibility index (Phi) is 4.39. The standard InChI is InChI=1S/C12H15N3S2/c1-3-13-11-5-4-10(6-14-11)8-17-12-15-9(2)7-16-12/h4-7H,3,8H2,1-2H3,(H,13,14). The normalized spacial score (nSPS) is 10.5. The molecule has 3 nitrogen and oxygen atoms in total. The zero-order valence-electron chi connectivity index (χ0n) is 9.93. The second-order valence-electron chi connectivity index (χ2n) is 3.63. The maximum atomic E-state index is 4.42. The van der Waals surface area contributed by atoms with E-state index in [9.17, 15) is 0 Å². The third-order valence-electron chi connectivity index (χ3n) is 2.14. The number of nitrogens with one attached hydrogen (secondary N) is 1. The second-order valence-corrected chi connectivity index (χ2v) is 5.71. The Hall–Kier alpha value is -1.07. The first-order chi connectivity index (χ1) is 8.28. The number of thiazole rings is 1. The molecule has 0 aliphatic carbocycles. The van der Waals surface area contributed by atoms with Crippen molar-refractivity contribution in [2.45, 2.75) is 23.9 Å². The Morgan fingerprint density at radius 2 is 2.29 bits per heavy atom. The van der Waals surface area contributed by atoms with Gasteiger partial charge in [0.25, 0.3) is 0 Å². The quantitative estimate of drug-likeness (QED) is 0.839. The minimum absolute atomic E-state index is 0.902. The lowest BCUT2D eigenvalue weighted by molar-refractivity contribution is 1.14. The lowest BCUT2D eigenvalue weighted by Crippen LogP contribution is -1.98. The Morgan fingerprint density at radius 3 is 2.88 bits per heavy atom. The van der Waals surface area contributed by atoms with Gasteiger partial charge in [0.2, 0.25) is 0 Å². The Morgan fingerprint density at radius 1 is 1.41 bits per heavy atom. The number of aryl methyl sites for hydroxylation is 1. The summed E-state index contributed by atoms with van der Waals surface area (Å²) in [5.74, 6) is 1.86. The summed E-state index contributed by atoms with van der Waals surface area (Å²) in [5.41, 5.74) is 2.32. The Bertz CT molecular complexity index is 465. The summed E-state index contributed by atoms with van der Waals surface area (Å²) >= 11 is 3.46. The fourth-order valence-electron chi connectivity index (χ4n) is 1.34. The van der Waals surface area contributed by atoms with Crippen molar-refractivity contribution in [3.63, 3.8) is 0 Å². The van der Waals surface area contributed by atoms with E-state index in [-0.39, 0.29) is 0 Å². The van der Waals surface area contributed by atoms with Crippen LogP contribution in [0.3, 0.4) is 0 Å². The highest BCUT2D eigenvalue weighted by atomic mass is 32.2. The van der Waals surface area contributed by atoms with Crippen molar-refractivity contribution in [3.8, 4) is 0 Å². The van der Waals surface area contributed by atoms with Gasteiger partial charge in [0.1, 0.15) is 10.2 Å². The van der Waals surface area contributed by atoms with E-state index in [0.29, 0.717) is 0 Å². The van der Waals surface area contributed by atoms with E-state index in [1.54, 1.807) is 23.1 Å². The second kappa shape index (κ2) is 6.02. The summed E-state index contributed by atoms with van der Waals surface area (Å²) in [7, 11) is 0. The molecule has 0 fully saturated rings. The molecule has 90 valence electrons. The van der Waals surface area contributed by atoms with Gasteiger partial charge in [-0.1, -0.05) is 17.8 Å². The monoisotopic (exact) mass is 265 g/mol. The molecule has 0 saturated heterocycles. The number of hydrogen-bond donors (Lipinski definition) is 1. The van der Waals surface area contributed by atoms with Crippen molar-refractivity contribution in [2.75, 3.05) is 11.9 Å². The van der Waals surface area contributed by atoms with Crippen molar-refractivity contribution in [1.82, 2.24) is 9.97 Å². The van der Waals surface area contributed by atoms with Gasteiger partial charge in [0, 0.05) is 29.6 Å². The van der Waals surface area contributed by atoms with E-state index in [2.05, 4.69) is 33.7 Å². The van der Waals surface area contributed by atoms with Crippen molar-refractivity contribution in [2.24, 2.45) is 0 Å². The number of anilines is 1. The van der Waals surface area contributed by atoms with Crippen LogP contribution in [0.1, 0.15) is 18.2 Å². The summed E-state index contributed by atoms with van der Waals surface area (Å²) in [5, 5.41) is 5.26. The smallest absolute Gasteiger partial charge is 0.150 e. The van der Waals surface area contributed by atoms with Crippen LogP contribution in [0.2, 0.25) is 0 Å². The molecular weight excluding hydrogens is 250 g/mol. The first-order valence-corrected chi connectivity index (χ1v) is 7.38. The van der Waals surface area contributed by atoms with Crippen LogP contribution in [-0.4, -0.2) is 16.5 Å². The number of rotatable bonds is 5.